The van der Waals surface area contributed by atoms with Crippen molar-refractivity contribution in [2.75, 3.05) is 0 Å². The minimum atomic E-state index is 0.0191. The fraction of sp³-hybridized carbons (Fsp3) is 1.00. The summed E-state index contributed by atoms with van der Waals surface area (Å²) in [6, 6.07) is 0. The molecule has 72 valence electrons. The van der Waals surface area contributed by atoms with Gasteiger partial charge in [-0.25, -0.2) is 0 Å². The van der Waals surface area contributed by atoms with Crippen LogP contribution < -0.4 is 0 Å². The maximum atomic E-state index is 9.63. The Bertz CT molecular complexity index is 118. The van der Waals surface area contributed by atoms with Gasteiger partial charge in [-0.3, -0.25) is 0 Å². The second-order valence-corrected chi connectivity index (χ2v) is 4.18. The van der Waals surface area contributed by atoms with Gasteiger partial charge in [-0.1, -0.05) is 33.1 Å². The monoisotopic (exact) mass is 170 g/mol. The van der Waals surface area contributed by atoms with Crippen LogP contribution >= 0.6 is 0 Å². The van der Waals surface area contributed by atoms with Crippen LogP contribution in [0.15, 0.2) is 0 Å². The van der Waals surface area contributed by atoms with Crippen molar-refractivity contribution in [3.63, 3.8) is 0 Å². The molecule has 0 aliphatic heterocycles. The summed E-state index contributed by atoms with van der Waals surface area (Å²) in [4.78, 5) is 0. The average molecular weight is 170 g/mol. The SMILES string of the molecule is CCC(CC)CC1CCCC1O. The van der Waals surface area contributed by atoms with E-state index in [0.717, 1.165) is 12.3 Å². The third kappa shape index (κ3) is 2.48. The van der Waals surface area contributed by atoms with Gasteiger partial charge >= 0.3 is 0 Å². The molecule has 0 saturated heterocycles. The average Bonchev–Trinajstić information content (AvgIpc) is 2.47. The first-order valence-electron chi connectivity index (χ1n) is 5.46. The van der Waals surface area contributed by atoms with Gasteiger partial charge in [0.25, 0.3) is 0 Å². The number of aliphatic hydroxyl groups is 1. The van der Waals surface area contributed by atoms with Gasteiger partial charge in [0, 0.05) is 0 Å². The van der Waals surface area contributed by atoms with Crippen LogP contribution in [0.3, 0.4) is 0 Å². The van der Waals surface area contributed by atoms with Gasteiger partial charge in [0.1, 0.15) is 0 Å². The lowest BCUT2D eigenvalue weighted by atomic mass is 9.89. The van der Waals surface area contributed by atoms with Crippen LogP contribution in [0.25, 0.3) is 0 Å². The fourth-order valence-electron chi connectivity index (χ4n) is 2.34. The molecule has 1 saturated carbocycles. The van der Waals surface area contributed by atoms with Crippen LogP contribution in [0, 0.1) is 11.8 Å². The van der Waals surface area contributed by atoms with E-state index in [1.807, 2.05) is 0 Å². The molecule has 1 rings (SSSR count). The standard InChI is InChI=1S/C11H22O/c1-3-9(4-2)8-10-6-5-7-11(10)12/h9-12H,3-8H2,1-2H3. The first-order valence-corrected chi connectivity index (χ1v) is 5.46. The molecule has 1 aliphatic rings. The Kier molecular flexibility index (Phi) is 4.07. The molecular weight excluding hydrogens is 148 g/mol. The van der Waals surface area contributed by atoms with E-state index >= 15 is 0 Å². The summed E-state index contributed by atoms with van der Waals surface area (Å²) in [7, 11) is 0. The van der Waals surface area contributed by atoms with Crippen molar-refractivity contribution in [3.8, 4) is 0 Å². The van der Waals surface area contributed by atoms with E-state index < -0.39 is 0 Å². The maximum Gasteiger partial charge on any atom is 0.0568 e. The Morgan fingerprint density at radius 1 is 1.25 bits per heavy atom. The van der Waals surface area contributed by atoms with Gasteiger partial charge in [-0.05, 0) is 31.1 Å². The Morgan fingerprint density at radius 3 is 2.33 bits per heavy atom. The molecule has 0 aromatic heterocycles. The Labute approximate surface area is 76.2 Å². The van der Waals surface area contributed by atoms with Gasteiger partial charge < -0.3 is 5.11 Å². The smallest absolute Gasteiger partial charge is 0.0568 e. The largest absolute Gasteiger partial charge is 0.393 e. The predicted octanol–water partition coefficient (Wildman–Crippen LogP) is 2.97. The fourth-order valence-corrected chi connectivity index (χ4v) is 2.34. The lowest BCUT2D eigenvalue weighted by Crippen LogP contribution is -2.16. The number of aliphatic hydroxyl groups excluding tert-OH is 1. The number of hydrogen-bond donors (Lipinski definition) is 1. The van der Waals surface area contributed by atoms with Crippen molar-refractivity contribution in [2.45, 2.75) is 58.5 Å². The molecule has 0 bridgehead atoms. The van der Waals surface area contributed by atoms with Crippen molar-refractivity contribution in [3.05, 3.63) is 0 Å². The van der Waals surface area contributed by atoms with Crippen molar-refractivity contribution in [2.24, 2.45) is 11.8 Å². The normalized spacial score (nSPS) is 30.0. The van der Waals surface area contributed by atoms with E-state index in [1.54, 1.807) is 0 Å². The molecule has 0 amide bonds. The van der Waals surface area contributed by atoms with Crippen LogP contribution in [0.2, 0.25) is 0 Å². The van der Waals surface area contributed by atoms with Crippen molar-refractivity contribution >= 4 is 0 Å². The van der Waals surface area contributed by atoms with Gasteiger partial charge in [0.2, 0.25) is 0 Å². The van der Waals surface area contributed by atoms with Crippen LogP contribution in [0.5, 0.6) is 0 Å². The highest BCUT2D eigenvalue weighted by Gasteiger charge is 2.26. The molecule has 1 N–H and O–H groups in total. The molecule has 1 nitrogen and oxygen atoms in total. The van der Waals surface area contributed by atoms with Gasteiger partial charge in [-0.15, -0.1) is 0 Å². The van der Waals surface area contributed by atoms with E-state index in [4.69, 9.17) is 0 Å². The minimum absolute atomic E-state index is 0.0191. The third-order valence-electron chi connectivity index (χ3n) is 3.41. The minimum Gasteiger partial charge on any atom is -0.393 e. The first kappa shape index (κ1) is 10.0. The van der Waals surface area contributed by atoms with Gasteiger partial charge in [0.15, 0.2) is 0 Å². The molecule has 1 aliphatic carbocycles. The number of rotatable bonds is 4. The number of hydrogen-bond acceptors (Lipinski definition) is 1. The van der Waals surface area contributed by atoms with Gasteiger partial charge in [-0.2, -0.15) is 0 Å². The van der Waals surface area contributed by atoms with E-state index in [1.165, 1.54) is 32.1 Å². The molecule has 0 radical (unpaired) electrons. The van der Waals surface area contributed by atoms with Crippen molar-refractivity contribution in [1.29, 1.82) is 0 Å². The molecular formula is C11H22O. The Morgan fingerprint density at radius 2 is 1.92 bits per heavy atom. The molecule has 2 atom stereocenters. The zero-order chi connectivity index (χ0) is 8.97. The summed E-state index contributed by atoms with van der Waals surface area (Å²) in [6.45, 7) is 4.52. The summed E-state index contributed by atoms with van der Waals surface area (Å²) in [5, 5.41) is 9.63. The van der Waals surface area contributed by atoms with E-state index in [-0.39, 0.29) is 6.10 Å². The molecule has 1 fully saturated rings. The lowest BCUT2D eigenvalue weighted by molar-refractivity contribution is 0.116. The Hall–Kier alpha value is -0.0400. The zero-order valence-corrected chi connectivity index (χ0v) is 8.42. The summed E-state index contributed by atoms with van der Waals surface area (Å²) in [5.41, 5.74) is 0. The molecule has 1 heteroatoms. The van der Waals surface area contributed by atoms with Crippen LogP contribution in [-0.2, 0) is 0 Å². The second kappa shape index (κ2) is 4.86. The van der Waals surface area contributed by atoms with Gasteiger partial charge in [0.05, 0.1) is 6.10 Å². The second-order valence-electron chi connectivity index (χ2n) is 4.18. The summed E-state index contributed by atoms with van der Waals surface area (Å²) in [6.07, 6.45) is 7.38. The first-order chi connectivity index (χ1) is 5.77. The van der Waals surface area contributed by atoms with Crippen LogP contribution in [0.4, 0.5) is 0 Å². The zero-order valence-electron chi connectivity index (χ0n) is 8.42. The van der Waals surface area contributed by atoms with E-state index in [9.17, 15) is 5.11 Å². The van der Waals surface area contributed by atoms with Crippen molar-refractivity contribution < 1.29 is 5.11 Å². The molecule has 0 aromatic rings. The molecule has 12 heavy (non-hydrogen) atoms. The molecule has 0 aromatic carbocycles. The Balaban J connectivity index is 2.28. The summed E-state index contributed by atoms with van der Waals surface area (Å²) in [5.74, 6) is 1.47. The summed E-state index contributed by atoms with van der Waals surface area (Å²) >= 11 is 0. The quantitative estimate of drug-likeness (QED) is 0.687. The topological polar surface area (TPSA) is 20.2 Å². The maximum absolute atomic E-state index is 9.63. The van der Waals surface area contributed by atoms with Crippen LogP contribution in [-0.4, -0.2) is 11.2 Å². The highest BCUT2D eigenvalue weighted by atomic mass is 16.3. The third-order valence-corrected chi connectivity index (χ3v) is 3.41. The van der Waals surface area contributed by atoms with E-state index in [0.29, 0.717) is 5.92 Å². The molecule has 0 spiro atoms. The highest BCUT2D eigenvalue weighted by molar-refractivity contribution is 4.78. The molecule has 0 heterocycles. The molecule has 2 unspecified atom stereocenters. The summed E-state index contributed by atoms with van der Waals surface area (Å²) < 4.78 is 0. The highest BCUT2D eigenvalue weighted by Crippen LogP contribution is 2.32. The van der Waals surface area contributed by atoms with Crippen LogP contribution in [0.1, 0.15) is 52.4 Å². The van der Waals surface area contributed by atoms with E-state index in [2.05, 4.69) is 13.8 Å². The predicted molar refractivity (Wildman–Crippen MR) is 52.0 cm³/mol. The van der Waals surface area contributed by atoms with Crippen molar-refractivity contribution in [1.82, 2.24) is 0 Å². The lowest BCUT2D eigenvalue weighted by Gasteiger charge is -2.20.